The maximum atomic E-state index is 10.8. The number of carboxylic acid groups (broad SMARTS) is 1. The summed E-state index contributed by atoms with van der Waals surface area (Å²) in [7, 11) is 0. The topological polar surface area (TPSA) is 37.3 Å². The summed E-state index contributed by atoms with van der Waals surface area (Å²) in [6, 6.07) is 15.5. The van der Waals surface area contributed by atoms with E-state index in [9.17, 15) is 4.79 Å². The number of hydrogen-bond donors (Lipinski definition) is 1. The molecule has 104 valence electrons. The van der Waals surface area contributed by atoms with Crippen LogP contribution in [0.15, 0.2) is 48.5 Å². The summed E-state index contributed by atoms with van der Waals surface area (Å²) in [5.74, 6) is -0.886. The molecule has 0 heterocycles. The number of carbonyl (C=O) groups is 1. The minimum atomic E-state index is -0.886. The summed E-state index contributed by atoms with van der Waals surface area (Å²) in [6.07, 6.45) is 4.89. The first-order valence-corrected chi connectivity index (χ1v) is 7.13. The van der Waals surface area contributed by atoms with Gasteiger partial charge in [0.15, 0.2) is 0 Å². The van der Waals surface area contributed by atoms with Gasteiger partial charge in [-0.25, -0.2) is 4.79 Å². The van der Waals surface area contributed by atoms with Gasteiger partial charge < -0.3 is 5.11 Å². The fourth-order valence-electron chi connectivity index (χ4n) is 2.25. The second-order valence-electron chi connectivity index (χ2n) is 5.04. The van der Waals surface area contributed by atoms with Gasteiger partial charge in [0.1, 0.15) is 0 Å². The van der Waals surface area contributed by atoms with Gasteiger partial charge in [0.05, 0.1) is 5.56 Å². The molecule has 2 rings (SSSR count). The predicted octanol–water partition coefficient (Wildman–Crippen LogP) is 4.78. The number of rotatable bonds is 6. The summed E-state index contributed by atoms with van der Waals surface area (Å²) in [5, 5.41) is 8.89. The van der Waals surface area contributed by atoms with Gasteiger partial charge >= 0.3 is 5.97 Å². The van der Waals surface area contributed by atoms with Crippen LogP contribution in [0, 0.1) is 0 Å². The fraction of sp³-hybridized carbons (Fsp3) is 0.278. The van der Waals surface area contributed by atoms with Gasteiger partial charge in [0.25, 0.3) is 0 Å². The van der Waals surface area contributed by atoms with Crippen LogP contribution in [0.2, 0.25) is 0 Å². The van der Waals surface area contributed by atoms with E-state index in [-0.39, 0.29) is 0 Å². The number of hydrogen-bond acceptors (Lipinski definition) is 1. The lowest BCUT2D eigenvalue weighted by Gasteiger charge is -2.05. The molecule has 0 saturated carbocycles. The zero-order valence-electron chi connectivity index (χ0n) is 11.8. The van der Waals surface area contributed by atoms with E-state index in [4.69, 9.17) is 5.11 Å². The predicted molar refractivity (Wildman–Crippen MR) is 82.1 cm³/mol. The van der Waals surface area contributed by atoms with Crippen LogP contribution in [0.3, 0.4) is 0 Å². The summed E-state index contributed by atoms with van der Waals surface area (Å²) in [5.41, 5.74) is 3.87. The molecule has 0 spiro atoms. The Labute approximate surface area is 120 Å². The van der Waals surface area contributed by atoms with Crippen LogP contribution in [0.5, 0.6) is 0 Å². The molecule has 2 nitrogen and oxygen atoms in total. The van der Waals surface area contributed by atoms with Gasteiger partial charge in [-0.15, -0.1) is 0 Å². The van der Waals surface area contributed by atoms with Crippen LogP contribution >= 0.6 is 0 Å². The lowest BCUT2D eigenvalue weighted by Crippen LogP contribution is -1.95. The quantitative estimate of drug-likeness (QED) is 0.765. The van der Waals surface area contributed by atoms with Crippen molar-refractivity contribution in [2.45, 2.75) is 32.6 Å². The monoisotopic (exact) mass is 268 g/mol. The van der Waals surface area contributed by atoms with E-state index in [1.807, 2.05) is 12.1 Å². The molecular formula is C18H20O2. The molecule has 0 aromatic heterocycles. The highest BCUT2D eigenvalue weighted by molar-refractivity contribution is 5.88. The molecule has 0 bridgehead atoms. The lowest BCUT2D eigenvalue weighted by molar-refractivity contribution is 0.0697. The maximum Gasteiger partial charge on any atom is 0.335 e. The van der Waals surface area contributed by atoms with E-state index in [0.29, 0.717) is 5.56 Å². The molecule has 0 radical (unpaired) electrons. The van der Waals surface area contributed by atoms with Crippen molar-refractivity contribution in [3.05, 3.63) is 59.7 Å². The lowest BCUT2D eigenvalue weighted by atomic mass is 10.0. The smallest absolute Gasteiger partial charge is 0.335 e. The molecular weight excluding hydrogens is 248 g/mol. The largest absolute Gasteiger partial charge is 0.478 e. The van der Waals surface area contributed by atoms with Crippen molar-refractivity contribution in [2.24, 2.45) is 0 Å². The van der Waals surface area contributed by atoms with Crippen molar-refractivity contribution in [3.63, 3.8) is 0 Å². The van der Waals surface area contributed by atoms with Crippen molar-refractivity contribution in [2.75, 3.05) is 0 Å². The first kappa shape index (κ1) is 14.3. The number of carboxylic acids is 1. The summed E-state index contributed by atoms with van der Waals surface area (Å²) >= 11 is 0. The number of unbranched alkanes of at least 4 members (excludes halogenated alkanes) is 2. The van der Waals surface area contributed by atoms with Crippen molar-refractivity contribution in [1.82, 2.24) is 0 Å². The Hall–Kier alpha value is -2.09. The van der Waals surface area contributed by atoms with Gasteiger partial charge in [0, 0.05) is 0 Å². The van der Waals surface area contributed by atoms with Gasteiger partial charge in [-0.3, -0.25) is 0 Å². The number of aryl methyl sites for hydroxylation is 1. The van der Waals surface area contributed by atoms with Crippen LogP contribution in [0.4, 0.5) is 0 Å². The molecule has 0 fully saturated rings. The minimum Gasteiger partial charge on any atom is -0.478 e. The van der Waals surface area contributed by atoms with Gasteiger partial charge in [-0.2, -0.15) is 0 Å². The Morgan fingerprint density at radius 1 is 0.900 bits per heavy atom. The highest BCUT2D eigenvalue weighted by Crippen LogP contribution is 2.21. The van der Waals surface area contributed by atoms with E-state index in [1.54, 1.807) is 12.1 Å². The second-order valence-corrected chi connectivity index (χ2v) is 5.04. The van der Waals surface area contributed by atoms with Crippen LogP contribution < -0.4 is 0 Å². The molecule has 0 aliphatic carbocycles. The number of benzene rings is 2. The molecule has 0 atom stereocenters. The van der Waals surface area contributed by atoms with Gasteiger partial charge in [-0.1, -0.05) is 56.2 Å². The Balaban J connectivity index is 2.07. The van der Waals surface area contributed by atoms with Gasteiger partial charge in [0.2, 0.25) is 0 Å². The molecule has 2 aromatic carbocycles. The van der Waals surface area contributed by atoms with E-state index < -0.39 is 5.97 Å². The first-order valence-electron chi connectivity index (χ1n) is 7.13. The van der Waals surface area contributed by atoms with Crippen molar-refractivity contribution in [3.8, 4) is 11.1 Å². The minimum absolute atomic E-state index is 0.324. The third-order valence-electron chi connectivity index (χ3n) is 3.49. The number of aromatic carboxylic acids is 1. The molecule has 20 heavy (non-hydrogen) atoms. The van der Waals surface area contributed by atoms with Crippen LogP contribution in [-0.2, 0) is 6.42 Å². The molecule has 0 amide bonds. The fourth-order valence-corrected chi connectivity index (χ4v) is 2.25. The van der Waals surface area contributed by atoms with Crippen LogP contribution in [0.1, 0.15) is 42.1 Å². The Morgan fingerprint density at radius 2 is 1.45 bits per heavy atom. The van der Waals surface area contributed by atoms with Crippen molar-refractivity contribution in [1.29, 1.82) is 0 Å². The van der Waals surface area contributed by atoms with Crippen LogP contribution in [0.25, 0.3) is 11.1 Å². The molecule has 0 unspecified atom stereocenters. The van der Waals surface area contributed by atoms with E-state index in [1.165, 1.54) is 24.8 Å². The molecule has 0 aliphatic rings. The highest BCUT2D eigenvalue weighted by atomic mass is 16.4. The zero-order chi connectivity index (χ0) is 14.4. The Morgan fingerprint density at radius 3 is 1.95 bits per heavy atom. The highest BCUT2D eigenvalue weighted by Gasteiger charge is 2.03. The normalized spacial score (nSPS) is 10.4. The molecule has 0 saturated heterocycles. The van der Waals surface area contributed by atoms with E-state index in [2.05, 4.69) is 31.2 Å². The first-order chi connectivity index (χ1) is 9.70. The standard InChI is InChI=1S/C18H20O2/c1-2-3-4-5-14-6-8-15(9-7-14)16-10-12-17(13-11-16)18(19)20/h6-13H,2-5H2,1H3,(H,19,20). The summed E-state index contributed by atoms with van der Waals surface area (Å²) in [4.78, 5) is 10.8. The van der Waals surface area contributed by atoms with Crippen LogP contribution in [-0.4, -0.2) is 11.1 Å². The van der Waals surface area contributed by atoms with Gasteiger partial charge in [-0.05, 0) is 41.7 Å². The van der Waals surface area contributed by atoms with Crippen molar-refractivity contribution < 1.29 is 9.90 Å². The summed E-state index contributed by atoms with van der Waals surface area (Å²) < 4.78 is 0. The Bertz CT molecular complexity index is 553. The maximum absolute atomic E-state index is 10.8. The SMILES string of the molecule is CCCCCc1ccc(-c2ccc(C(=O)O)cc2)cc1. The molecule has 0 aliphatic heterocycles. The second kappa shape index (κ2) is 6.90. The van der Waals surface area contributed by atoms with Crippen molar-refractivity contribution >= 4 is 5.97 Å². The molecule has 2 heteroatoms. The molecule has 2 aromatic rings. The Kier molecular flexibility index (Phi) is 4.94. The summed E-state index contributed by atoms with van der Waals surface area (Å²) in [6.45, 7) is 2.21. The van der Waals surface area contributed by atoms with E-state index in [0.717, 1.165) is 17.5 Å². The third-order valence-corrected chi connectivity index (χ3v) is 3.49. The zero-order valence-corrected chi connectivity index (χ0v) is 11.8. The third kappa shape index (κ3) is 3.70. The average molecular weight is 268 g/mol. The average Bonchev–Trinajstić information content (AvgIpc) is 2.48. The molecule has 1 N–H and O–H groups in total. The van der Waals surface area contributed by atoms with E-state index >= 15 is 0 Å².